The van der Waals surface area contributed by atoms with Gasteiger partial charge in [-0.3, -0.25) is 9.80 Å². The number of piperidine rings is 1. The molecule has 0 radical (unpaired) electrons. The number of furan rings is 1. The van der Waals surface area contributed by atoms with E-state index < -0.39 is 0 Å². The van der Waals surface area contributed by atoms with Crippen LogP contribution in [0, 0.1) is 6.92 Å². The maximum Gasteiger partial charge on any atom is 0.118 e. The molecule has 1 N–H and O–H groups in total. The molecule has 4 heteroatoms. The molecule has 0 aromatic carbocycles. The highest BCUT2D eigenvalue weighted by molar-refractivity contribution is 5.21. The Bertz CT molecular complexity index is 443. The highest BCUT2D eigenvalue weighted by atomic mass is 16.3. The first-order chi connectivity index (χ1) is 9.76. The first-order valence-electron chi connectivity index (χ1n) is 7.95. The van der Waals surface area contributed by atoms with Crippen LogP contribution in [0.5, 0.6) is 0 Å². The number of fused-ring (bicyclic) bond motifs is 1. The standard InChI is InChI=1S/C16H27N3O/c1-13-14(9-16(20-13)10-17-2)11-18-7-8-19-6-4-3-5-15(19)12-18/h9,15,17H,3-8,10-12H2,1-2H3. The zero-order valence-corrected chi connectivity index (χ0v) is 12.8. The van der Waals surface area contributed by atoms with Crippen LogP contribution in [0.25, 0.3) is 0 Å². The Morgan fingerprint density at radius 2 is 2.20 bits per heavy atom. The molecule has 1 aromatic rings. The summed E-state index contributed by atoms with van der Waals surface area (Å²) in [6, 6.07) is 3.01. The van der Waals surface area contributed by atoms with E-state index >= 15 is 0 Å². The lowest BCUT2D eigenvalue weighted by Crippen LogP contribution is -2.54. The number of nitrogens with one attached hydrogen (secondary N) is 1. The second-order valence-electron chi connectivity index (χ2n) is 6.25. The van der Waals surface area contributed by atoms with E-state index in [-0.39, 0.29) is 0 Å². The van der Waals surface area contributed by atoms with E-state index in [0.29, 0.717) is 0 Å². The number of aryl methyl sites for hydroxylation is 1. The van der Waals surface area contributed by atoms with Crippen molar-refractivity contribution in [3.05, 3.63) is 23.2 Å². The second-order valence-corrected chi connectivity index (χ2v) is 6.25. The van der Waals surface area contributed by atoms with Crippen molar-refractivity contribution in [3.63, 3.8) is 0 Å². The molecule has 1 atom stereocenters. The van der Waals surface area contributed by atoms with Gasteiger partial charge in [-0.2, -0.15) is 0 Å². The lowest BCUT2D eigenvalue weighted by molar-refractivity contribution is 0.0455. The zero-order valence-electron chi connectivity index (χ0n) is 12.8. The van der Waals surface area contributed by atoms with E-state index in [2.05, 4.69) is 28.1 Å². The van der Waals surface area contributed by atoms with E-state index in [1.54, 1.807) is 0 Å². The third-order valence-electron chi connectivity index (χ3n) is 4.74. The molecule has 2 fully saturated rings. The Kier molecular flexibility index (Phi) is 4.44. The molecule has 0 spiro atoms. The summed E-state index contributed by atoms with van der Waals surface area (Å²) in [5.74, 6) is 2.14. The van der Waals surface area contributed by atoms with Crippen molar-refractivity contribution in [1.82, 2.24) is 15.1 Å². The molecule has 2 aliphatic rings. The fourth-order valence-corrected chi connectivity index (χ4v) is 3.61. The molecule has 3 rings (SSSR count). The van der Waals surface area contributed by atoms with Crippen LogP contribution in [-0.2, 0) is 13.1 Å². The van der Waals surface area contributed by atoms with Crippen molar-refractivity contribution in [2.24, 2.45) is 0 Å². The largest absolute Gasteiger partial charge is 0.465 e. The van der Waals surface area contributed by atoms with Crippen molar-refractivity contribution in [2.75, 3.05) is 33.2 Å². The molecule has 20 heavy (non-hydrogen) atoms. The van der Waals surface area contributed by atoms with Crippen LogP contribution in [-0.4, -0.2) is 49.1 Å². The molecule has 0 amide bonds. The minimum atomic E-state index is 0.793. The van der Waals surface area contributed by atoms with Gasteiger partial charge < -0.3 is 9.73 Å². The minimum Gasteiger partial charge on any atom is -0.465 e. The van der Waals surface area contributed by atoms with Gasteiger partial charge in [-0.05, 0) is 39.4 Å². The van der Waals surface area contributed by atoms with E-state index in [1.807, 2.05) is 7.05 Å². The summed E-state index contributed by atoms with van der Waals surface area (Å²) in [6.07, 6.45) is 4.18. The van der Waals surface area contributed by atoms with Gasteiger partial charge in [-0.25, -0.2) is 0 Å². The summed E-state index contributed by atoms with van der Waals surface area (Å²) < 4.78 is 5.80. The number of hydrogen-bond donors (Lipinski definition) is 1. The second kappa shape index (κ2) is 6.29. The van der Waals surface area contributed by atoms with Gasteiger partial charge in [0.15, 0.2) is 0 Å². The van der Waals surface area contributed by atoms with Crippen LogP contribution in [0.1, 0.15) is 36.3 Å². The van der Waals surface area contributed by atoms with Crippen LogP contribution < -0.4 is 5.32 Å². The molecule has 0 aliphatic carbocycles. The molecule has 2 aliphatic heterocycles. The summed E-state index contributed by atoms with van der Waals surface area (Å²) in [5.41, 5.74) is 1.36. The summed E-state index contributed by atoms with van der Waals surface area (Å²) >= 11 is 0. The number of piperazine rings is 1. The predicted octanol–water partition coefficient (Wildman–Crippen LogP) is 1.98. The van der Waals surface area contributed by atoms with Crippen LogP contribution in [0.15, 0.2) is 10.5 Å². The molecule has 0 bridgehead atoms. The van der Waals surface area contributed by atoms with Gasteiger partial charge in [0.1, 0.15) is 11.5 Å². The lowest BCUT2D eigenvalue weighted by Gasteiger charge is -2.44. The van der Waals surface area contributed by atoms with Crippen LogP contribution in [0.4, 0.5) is 0 Å². The molecule has 2 saturated heterocycles. The van der Waals surface area contributed by atoms with Gasteiger partial charge in [0, 0.05) is 37.8 Å². The Labute approximate surface area is 122 Å². The summed E-state index contributed by atoms with van der Waals surface area (Å²) in [4.78, 5) is 5.29. The third kappa shape index (κ3) is 3.08. The van der Waals surface area contributed by atoms with Crippen LogP contribution >= 0.6 is 0 Å². The number of hydrogen-bond acceptors (Lipinski definition) is 4. The molecule has 4 nitrogen and oxygen atoms in total. The van der Waals surface area contributed by atoms with Crippen molar-refractivity contribution >= 4 is 0 Å². The highest BCUT2D eigenvalue weighted by Gasteiger charge is 2.29. The first kappa shape index (κ1) is 14.1. The van der Waals surface area contributed by atoms with Gasteiger partial charge in [0.2, 0.25) is 0 Å². The average Bonchev–Trinajstić information content (AvgIpc) is 2.79. The molecule has 3 heterocycles. The molecule has 0 saturated carbocycles. The summed E-state index contributed by atoms with van der Waals surface area (Å²) in [7, 11) is 1.96. The smallest absolute Gasteiger partial charge is 0.118 e. The zero-order chi connectivity index (χ0) is 13.9. The first-order valence-corrected chi connectivity index (χ1v) is 7.95. The Balaban J connectivity index is 1.60. The van der Waals surface area contributed by atoms with Crippen LogP contribution in [0.2, 0.25) is 0 Å². The van der Waals surface area contributed by atoms with E-state index in [0.717, 1.165) is 30.7 Å². The van der Waals surface area contributed by atoms with E-state index in [1.165, 1.54) is 51.0 Å². The minimum absolute atomic E-state index is 0.793. The monoisotopic (exact) mass is 277 g/mol. The van der Waals surface area contributed by atoms with Crippen molar-refractivity contribution in [1.29, 1.82) is 0 Å². The highest BCUT2D eigenvalue weighted by Crippen LogP contribution is 2.23. The third-order valence-corrected chi connectivity index (χ3v) is 4.74. The Hall–Kier alpha value is -0.840. The normalized spacial score (nSPS) is 24.8. The molecular weight excluding hydrogens is 250 g/mol. The summed E-state index contributed by atoms with van der Waals surface area (Å²) in [5, 5.41) is 3.15. The fourth-order valence-electron chi connectivity index (χ4n) is 3.61. The van der Waals surface area contributed by atoms with E-state index in [9.17, 15) is 0 Å². The maximum absolute atomic E-state index is 5.80. The molecule has 1 unspecified atom stereocenters. The summed E-state index contributed by atoms with van der Waals surface area (Å²) in [6.45, 7) is 8.93. The fraction of sp³-hybridized carbons (Fsp3) is 0.750. The number of nitrogens with zero attached hydrogens (tertiary/aromatic N) is 2. The topological polar surface area (TPSA) is 31.6 Å². The van der Waals surface area contributed by atoms with Gasteiger partial charge >= 0.3 is 0 Å². The van der Waals surface area contributed by atoms with Crippen molar-refractivity contribution in [3.8, 4) is 0 Å². The van der Waals surface area contributed by atoms with Crippen LogP contribution in [0.3, 0.4) is 0 Å². The van der Waals surface area contributed by atoms with Crippen molar-refractivity contribution < 1.29 is 4.42 Å². The van der Waals surface area contributed by atoms with E-state index in [4.69, 9.17) is 4.42 Å². The number of rotatable bonds is 4. The average molecular weight is 277 g/mol. The van der Waals surface area contributed by atoms with Gasteiger partial charge in [-0.1, -0.05) is 6.42 Å². The van der Waals surface area contributed by atoms with Gasteiger partial charge in [-0.15, -0.1) is 0 Å². The SMILES string of the molecule is CNCc1cc(CN2CCN3CCCCC3C2)c(C)o1. The Morgan fingerprint density at radius 3 is 3.05 bits per heavy atom. The van der Waals surface area contributed by atoms with Gasteiger partial charge in [0.05, 0.1) is 6.54 Å². The lowest BCUT2D eigenvalue weighted by atomic mass is 9.99. The molecule has 112 valence electrons. The Morgan fingerprint density at radius 1 is 1.30 bits per heavy atom. The molecule has 1 aromatic heterocycles. The van der Waals surface area contributed by atoms with Gasteiger partial charge in [0.25, 0.3) is 0 Å². The maximum atomic E-state index is 5.80. The van der Waals surface area contributed by atoms with Crippen molar-refractivity contribution in [2.45, 2.75) is 45.3 Å². The quantitative estimate of drug-likeness (QED) is 0.912. The predicted molar refractivity (Wildman–Crippen MR) is 80.7 cm³/mol. The molecular formula is C16H27N3O.